The van der Waals surface area contributed by atoms with Gasteiger partial charge in [-0.2, -0.15) is 0 Å². The summed E-state index contributed by atoms with van der Waals surface area (Å²) in [5.74, 6) is -0.117. The highest BCUT2D eigenvalue weighted by Gasteiger charge is 2.11. The largest absolute Gasteiger partial charge is 0.351 e. The van der Waals surface area contributed by atoms with Crippen LogP contribution >= 0.6 is 22.7 Å². The topological polar surface area (TPSA) is 71.1 Å². The second-order valence-corrected chi connectivity index (χ2v) is 8.19. The van der Waals surface area contributed by atoms with Crippen LogP contribution in [0.1, 0.15) is 29.3 Å². The number of hydrogen-bond acceptors (Lipinski definition) is 5. The molecule has 2 heterocycles. The number of nitrogens with one attached hydrogen (secondary N) is 2. The highest BCUT2D eigenvalue weighted by molar-refractivity contribution is 7.16. The molecule has 0 atom stereocenters. The first-order valence-corrected chi connectivity index (χ1v) is 10.4. The predicted molar refractivity (Wildman–Crippen MR) is 111 cm³/mol. The molecule has 5 nitrogen and oxygen atoms in total. The predicted octanol–water partition coefficient (Wildman–Crippen LogP) is 4.25. The van der Waals surface area contributed by atoms with Crippen molar-refractivity contribution in [2.45, 2.75) is 33.2 Å². The van der Waals surface area contributed by atoms with Crippen LogP contribution in [0.3, 0.4) is 0 Å². The Morgan fingerprint density at radius 3 is 2.59 bits per heavy atom. The Labute approximate surface area is 166 Å². The molecule has 140 valence electrons. The minimum atomic E-state index is -0.0716. The summed E-state index contributed by atoms with van der Waals surface area (Å²) in [6.07, 6.45) is 1.23. The van der Waals surface area contributed by atoms with Gasteiger partial charge in [0.05, 0.1) is 23.5 Å². The third-order valence-electron chi connectivity index (χ3n) is 3.94. The van der Waals surface area contributed by atoms with Crippen molar-refractivity contribution >= 4 is 40.2 Å². The lowest BCUT2D eigenvalue weighted by Gasteiger charge is -2.04. The van der Waals surface area contributed by atoms with Gasteiger partial charge in [-0.05, 0) is 36.2 Å². The Morgan fingerprint density at radius 1 is 1.11 bits per heavy atom. The third-order valence-corrected chi connectivity index (χ3v) is 5.89. The van der Waals surface area contributed by atoms with Crippen molar-refractivity contribution < 1.29 is 9.59 Å². The van der Waals surface area contributed by atoms with Crippen LogP contribution in [0.4, 0.5) is 5.69 Å². The third kappa shape index (κ3) is 5.48. The number of rotatable bonds is 7. The molecule has 3 rings (SSSR count). The number of amides is 2. The lowest BCUT2D eigenvalue weighted by Crippen LogP contribution is -2.17. The number of benzene rings is 1. The number of hydrogen-bond donors (Lipinski definition) is 2. The molecule has 0 saturated heterocycles. The quantitative estimate of drug-likeness (QED) is 0.624. The molecular weight excluding hydrogens is 378 g/mol. The van der Waals surface area contributed by atoms with Gasteiger partial charge in [-0.15, -0.1) is 22.7 Å². The first kappa shape index (κ1) is 19.3. The zero-order valence-electron chi connectivity index (χ0n) is 15.2. The van der Waals surface area contributed by atoms with Gasteiger partial charge < -0.3 is 10.6 Å². The second kappa shape index (κ2) is 8.92. The zero-order chi connectivity index (χ0) is 19.2. The number of thiazole rings is 1. The van der Waals surface area contributed by atoms with E-state index in [1.54, 1.807) is 11.3 Å². The highest BCUT2D eigenvalue weighted by Crippen LogP contribution is 2.29. The number of nitrogens with zero attached hydrogens (tertiary/aromatic N) is 1. The Balaban J connectivity index is 1.58. The minimum Gasteiger partial charge on any atom is -0.351 e. The fourth-order valence-corrected chi connectivity index (χ4v) is 4.27. The monoisotopic (exact) mass is 399 g/mol. The molecule has 2 amide bonds. The van der Waals surface area contributed by atoms with Gasteiger partial charge >= 0.3 is 0 Å². The van der Waals surface area contributed by atoms with Crippen molar-refractivity contribution in [1.82, 2.24) is 10.3 Å². The van der Waals surface area contributed by atoms with Gasteiger partial charge in [0.25, 0.3) is 0 Å². The molecule has 0 saturated carbocycles. The molecule has 3 aromatic rings. The summed E-state index contributed by atoms with van der Waals surface area (Å²) in [4.78, 5) is 29.9. The maximum atomic E-state index is 12.3. The Hall–Kier alpha value is -2.51. The van der Waals surface area contributed by atoms with Crippen LogP contribution in [0.5, 0.6) is 0 Å². The molecule has 0 unspecified atom stereocenters. The highest BCUT2D eigenvalue weighted by atomic mass is 32.1. The van der Waals surface area contributed by atoms with E-state index in [2.05, 4.69) is 22.5 Å². The van der Waals surface area contributed by atoms with E-state index < -0.39 is 0 Å². The van der Waals surface area contributed by atoms with Gasteiger partial charge in [-0.3, -0.25) is 9.59 Å². The molecule has 7 heteroatoms. The van der Waals surface area contributed by atoms with Gasteiger partial charge in [-0.1, -0.05) is 19.1 Å². The number of thiophene rings is 1. The number of anilines is 1. The molecule has 2 aromatic heterocycles. The van der Waals surface area contributed by atoms with Crippen LogP contribution in [-0.2, 0) is 29.0 Å². The Bertz CT molecular complexity index is 929. The summed E-state index contributed by atoms with van der Waals surface area (Å²) >= 11 is 3.08. The van der Waals surface area contributed by atoms with E-state index in [0.29, 0.717) is 6.54 Å². The summed E-state index contributed by atoms with van der Waals surface area (Å²) < 4.78 is 0. The first-order chi connectivity index (χ1) is 13.0. The molecule has 0 spiro atoms. The summed E-state index contributed by atoms with van der Waals surface area (Å²) in [5, 5.41) is 8.45. The summed E-state index contributed by atoms with van der Waals surface area (Å²) in [6, 6.07) is 11.9. The minimum absolute atomic E-state index is 0.0451. The molecule has 2 N–H and O–H groups in total. The molecular formula is C20H21N3O2S2. The van der Waals surface area contributed by atoms with Crippen molar-refractivity contribution in [2.24, 2.45) is 0 Å². The number of carbonyl (C=O) groups is 2. The van der Waals surface area contributed by atoms with Gasteiger partial charge in [0, 0.05) is 22.9 Å². The molecule has 1 aromatic carbocycles. The van der Waals surface area contributed by atoms with E-state index in [0.717, 1.165) is 32.6 Å². The van der Waals surface area contributed by atoms with Gasteiger partial charge in [0.15, 0.2) is 0 Å². The summed E-state index contributed by atoms with van der Waals surface area (Å²) in [6.45, 7) is 4.13. The van der Waals surface area contributed by atoms with Crippen LogP contribution < -0.4 is 10.6 Å². The molecule has 0 aliphatic rings. The van der Waals surface area contributed by atoms with Crippen molar-refractivity contribution in [3.63, 3.8) is 0 Å². The number of aromatic nitrogens is 1. The normalized spacial score (nSPS) is 10.6. The van der Waals surface area contributed by atoms with Crippen LogP contribution in [0.15, 0.2) is 41.8 Å². The smallest absolute Gasteiger partial charge is 0.231 e. The maximum Gasteiger partial charge on any atom is 0.231 e. The van der Waals surface area contributed by atoms with Crippen LogP contribution in [0, 0.1) is 0 Å². The standard InChI is InChI=1S/C20H21N3O2S2/c1-3-14-4-6-15(7-5-14)22-19(25)10-20-23-17(12-26-20)18-9-8-16(27-18)11-21-13(2)24/h4-9,12H,3,10-11H2,1-2H3,(H,21,24)(H,22,25). The van der Waals surface area contributed by atoms with Crippen LogP contribution in [0.2, 0.25) is 0 Å². The molecule has 0 radical (unpaired) electrons. The van der Waals surface area contributed by atoms with Crippen molar-refractivity contribution in [3.8, 4) is 10.6 Å². The lowest BCUT2D eigenvalue weighted by atomic mass is 10.1. The van der Waals surface area contributed by atoms with E-state index in [1.807, 2.05) is 41.8 Å². The SMILES string of the molecule is CCc1ccc(NC(=O)Cc2nc(-c3ccc(CNC(C)=O)s3)cs2)cc1. The fourth-order valence-electron chi connectivity index (χ4n) is 2.49. The lowest BCUT2D eigenvalue weighted by molar-refractivity contribution is -0.119. The van der Waals surface area contributed by atoms with Crippen LogP contribution in [-0.4, -0.2) is 16.8 Å². The van der Waals surface area contributed by atoms with Gasteiger partial charge in [0.1, 0.15) is 5.01 Å². The molecule has 0 fully saturated rings. The number of aryl methyl sites for hydroxylation is 1. The van der Waals surface area contributed by atoms with E-state index >= 15 is 0 Å². The van der Waals surface area contributed by atoms with E-state index in [1.165, 1.54) is 23.8 Å². The van der Waals surface area contributed by atoms with Crippen LogP contribution in [0.25, 0.3) is 10.6 Å². The Morgan fingerprint density at radius 2 is 1.89 bits per heavy atom. The van der Waals surface area contributed by atoms with E-state index in [4.69, 9.17) is 0 Å². The van der Waals surface area contributed by atoms with Crippen molar-refractivity contribution in [3.05, 3.63) is 57.2 Å². The molecule has 0 bridgehead atoms. The molecule has 27 heavy (non-hydrogen) atoms. The average Bonchev–Trinajstić information content (AvgIpc) is 3.29. The second-order valence-electron chi connectivity index (χ2n) is 6.08. The van der Waals surface area contributed by atoms with Gasteiger partial charge in [-0.25, -0.2) is 4.98 Å². The first-order valence-electron chi connectivity index (χ1n) is 8.70. The zero-order valence-corrected chi connectivity index (χ0v) is 16.9. The van der Waals surface area contributed by atoms with Crippen molar-refractivity contribution in [1.29, 1.82) is 0 Å². The van der Waals surface area contributed by atoms with E-state index in [-0.39, 0.29) is 18.2 Å². The average molecular weight is 400 g/mol. The maximum absolute atomic E-state index is 12.3. The molecule has 0 aliphatic carbocycles. The summed E-state index contributed by atoms with van der Waals surface area (Å²) in [7, 11) is 0. The molecule has 0 aliphatic heterocycles. The van der Waals surface area contributed by atoms with E-state index in [9.17, 15) is 9.59 Å². The fraction of sp³-hybridized carbons (Fsp3) is 0.250. The Kier molecular flexibility index (Phi) is 6.36. The number of carbonyl (C=O) groups excluding carboxylic acids is 2. The van der Waals surface area contributed by atoms with Gasteiger partial charge in [0.2, 0.25) is 11.8 Å². The van der Waals surface area contributed by atoms with Crippen molar-refractivity contribution in [2.75, 3.05) is 5.32 Å². The summed E-state index contributed by atoms with van der Waals surface area (Å²) in [5.41, 5.74) is 2.91.